The van der Waals surface area contributed by atoms with Crippen molar-refractivity contribution in [2.45, 2.75) is 5.92 Å². The summed E-state index contributed by atoms with van der Waals surface area (Å²) >= 11 is 0. The van der Waals surface area contributed by atoms with Crippen LogP contribution in [0.15, 0.2) is 85.1 Å². The van der Waals surface area contributed by atoms with Crippen LogP contribution < -0.4 is 5.32 Å². The lowest BCUT2D eigenvalue weighted by molar-refractivity contribution is 0.0944. The first-order chi connectivity index (χ1) is 14.7. The summed E-state index contributed by atoms with van der Waals surface area (Å²) in [5.74, 6) is -0.0854. The van der Waals surface area contributed by atoms with Gasteiger partial charge in [-0.05, 0) is 23.3 Å². The molecule has 2 heterocycles. The molecular weight excluding hydrogens is 372 g/mol. The number of hydrogen-bond donors (Lipinski definition) is 2. The average molecular weight is 394 g/mol. The molecule has 5 rings (SSSR count). The second-order valence-corrected chi connectivity index (χ2v) is 7.45. The van der Waals surface area contributed by atoms with Crippen molar-refractivity contribution in [2.24, 2.45) is 7.05 Å². The van der Waals surface area contributed by atoms with Crippen LogP contribution in [0.2, 0.25) is 0 Å². The van der Waals surface area contributed by atoms with E-state index in [2.05, 4.69) is 39.7 Å². The Kier molecular flexibility index (Phi) is 4.56. The summed E-state index contributed by atoms with van der Waals surface area (Å²) < 4.78 is 1.66. The number of carbonyl (C=O) groups excluding carboxylic acids is 1. The average Bonchev–Trinajstić information content (AvgIpc) is 3.35. The van der Waals surface area contributed by atoms with Gasteiger partial charge in [0.1, 0.15) is 5.69 Å². The van der Waals surface area contributed by atoms with Gasteiger partial charge in [-0.1, -0.05) is 66.7 Å². The summed E-state index contributed by atoms with van der Waals surface area (Å²) in [7, 11) is 1.81. The number of fused-ring (bicyclic) bond motifs is 2. The van der Waals surface area contributed by atoms with Crippen LogP contribution in [0, 0.1) is 0 Å². The first-order valence-electron chi connectivity index (χ1n) is 10.0. The summed E-state index contributed by atoms with van der Waals surface area (Å²) in [6.07, 6.45) is 2.05. The Labute approximate surface area is 174 Å². The van der Waals surface area contributed by atoms with E-state index < -0.39 is 0 Å². The van der Waals surface area contributed by atoms with Crippen molar-refractivity contribution in [1.29, 1.82) is 0 Å². The van der Waals surface area contributed by atoms with Gasteiger partial charge in [0.2, 0.25) is 0 Å². The summed E-state index contributed by atoms with van der Waals surface area (Å²) in [4.78, 5) is 16.5. The van der Waals surface area contributed by atoms with Crippen LogP contribution >= 0.6 is 0 Å². The molecule has 0 aliphatic rings. The van der Waals surface area contributed by atoms with Crippen LogP contribution in [-0.2, 0) is 7.05 Å². The standard InChI is InChI=1S/C25H22N4O/c1-29-24(19-12-6-8-14-23(19)28-29)25(30)27-15-20(17-9-3-2-4-10-17)21-16-26-22-13-7-5-11-18(21)22/h2-14,16,20,26H,15H2,1H3,(H,27,30). The van der Waals surface area contributed by atoms with E-state index in [1.807, 2.05) is 67.8 Å². The molecule has 0 fully saturated rings. The van der Waals surface area contributed by atoms with Crippen molar-refractivity contribution in [3.8, 4) is 0 Å². The molecule has 0 radical (unpaired) electrons. The topological polar surface area (TPSA) is 62.7 Å². The Hall–Kier alpha value is -3.86. The maximum Gasteiger partial charge on any atom is 0.270 e. The molecule has 0 saturated heterocycles. The number of para-hydroxylation sites is 1. The zero-order valence-corrected chi connectivity index (χ0v) is 16.7. The largest absolute Gasteiger partial charge is 0.361 e. The Morgan fingerprint density at radius 3 is 2.50 bits per heavy atom. The van der Waals surface area contributed by atoms with Gasteiger partial charge in [0.05, 0.1) is 5.52 Å². The molecule has 30 heavy (non-hydrogen) atoms. The third kappa shape index (κ3) is 3.14. The number of rotatable bonds is 5. The number of nitrogens with zero attached hydrogens (tertiary/aromatic N) is 2. The monoisotopic (exact) mass is 394 g/mol. The maximum atomic E-state index is 13.1. The van der Waals surface area contributed by atoms with E-state index in [-0.39, 0.29) is 11.8 Å². The number of carbonyl (C=O) groups is 1. The zero-order chi connectivity index (χ0) is 20.5. The number of benzene rings is 3. The highest BCUT2D eigenvalue weighted by Crippen LogP contribution is 2.30. The molecule has 5 heteroatoms. The fourth-order valence-electron chi connectivity index (χ4n) is 4.17. The molecule has 0 saturated carbocycles. The van der Waals surface area contributed by atoms with Crippen LogP contribution in [0.4, 0.5) is 0 Å². The van der Waals surface area contributed by atoms with E-state index in [0.717, 1.165) is 22.0 Å². The maximum absolute atomic E-state index is 13.1. The van der Waals surface area contributed by atoms with E-state index >= 15 is 0 Å². The van der Waals surface area contributed by atoms with Crippen LogP contribution in [0.1, 0.15) is 27.5 Å². The molecule has 1 amide bonds. The number of aromatic nitrogens is 3. The fourth-order valence-corrected chi connectivity index (χ4v) is 4.17. The van der Waals surface area contributed by atoms with Crippen molar-refractivity contribution in [3.05, 3.63) is 102 Å². The van der Waals surface area contributed by atoms with E-state index in [9.17, 15) is 4.79 Å². The number of aryl methyl sites for hydroxylation is 1. The summed E-state index contributed by atoms with van der Waals surface area (Å²) in [6.45, 7) is 0.490. The molecule has 148 valence electrons. The molecule has 0 bridgehead atoms. The highest BCUT2D eigenvalue weighted by Gasteiger charge is 2.21. The molecule has 0 aliphatic carbocycles. The van der Waals surface area contributed by atoms with E-state index in [1.165, 1.54) is 10.9 Å². The SMILES string of the molecule is Cn1nc2ccccc2c1C(=O)NCC(c1ccccc1)c1c[nH]c2ccccc12. The number of aromatic amines is 1. The second-order valence-electron chi connectivity index (χ2n) is 7.45. The van der Waals surface area contributed by atoms with Gasteiger partial charge >= 0.3 is 0 Å². The molecular formula is C25H22N4O. The summed E-state index contributed by atoms with van der Waals surface area (Å²) in [5.41, 5.74) is 4.83. The van der Waals surface area contributed by atoms with Gasteiger partial charge in [-0.15, -0.1) is 0 Å². The third-order valence-corrected chi connectivity index (χ3v) is 5.62. The van der Waals surface area contributed by atoms with Crippen LogP contribution in [0.3, 0.4) is 0 Å². The highest BCUT2D eigenvalue weighted by molar-refractivity contribution is 6.05. The quantitative estimate of drug-likeness (QED) is 0.457. The van der Waals surface area contributed by atoms with Gasteiger partial charge in [0, 0.05) is 42.0 Å². The number of hydrogen-bond acceptors (Lipinski definition) is 2. The first-order valence-corrected chi connectivity index (χ1v) is 10.0. The molecule has 5 nitrogen and oxygen atoms in total. The smallest absolute Gasteiger partial charge is 0.270 e. The molecule has 1 unspecified atom stereocenters. The van der Waals surface area contributed by atoms with Gasteiger partial charge < -0.3 is 10.3 Å². The number of H-pyrrole nitrogens is 1. The van der Waals surface area contributed by atoms with Gasteiger partial charge in [0.15, 0.2) is 0 Å². The second kappa shape index (κ2) is 7.52. The van der Waals surface area contributed by atoms with Crippen molar-refractivity contribution >= 4 is 27.7 Å². The lowest BCUT2D eigenvalue weighted by Gasteiger charge is -2.18. The Bertz CT molecular complexity index is 1330. The Morgan fingerprint density at radius 1 is 0.967 bits per heavy atom. The lowest BCUT2D eigenvalue weighted by Crippen LogP contribution is -2.30. The summed E-state index contributed by atoms with van der Waals surface area (Å²) in [5, 5.41) is 9.65. The predicted octanol–water partition coefficient (Wildman–Crippen LogP) is 4.62. The van der Waals surface area contributed by atoms with Gasteiger partial charge in [-0.25, -0.2) is 0 Å². The minimum atomic E-state index is -0.119. The van der Waals surface area contributed by atoms with Crippen LogP contribution in [0.5, 0.6) is 0 Å². The molecule has 1 atom stereocenters. The molecule has 2 N–H and O–H groups in total. The molecule has 0 aliphatic heterocycles. The third-order valence-electron chi connectivity index (χ3n) is 5.62. The molecule has 5 aromatic rings. The van der Waals surface area contributed by atoms with Crippen molar-refractivity contribution in [2.75, 3.05) is 6.54 Å². The van der Waals surface area contributed by atoms with E-state index in [4.69, 9.17) is 0 Å². The first kappa shape index (κ1) is 18.2. The number of amides is 1. The normalized spacial score (nSPS) is 12.3. The number of nitrogens with one attached hydrogen (secondary N) is 2. The highest BCUT2D eigenvalue weighted by atomic mass is 16.2. The van der Waals surface area contributed by atoms with Gasteiger partial charge in [-0.3, -0.25) is 9.48 Å². The molecule has 0 spiro atoms. The van der Waals surface area contributed by atoms with Crippen molar-refractivity contribution in [3.63, 3.8) is 0 Å². The predicted molar refractivity (Wildman–Crippen MR) is 120 cm³/mol. The van der Waals surface area contributed by atoms with Crippen molar-refractivity contribution < 1.29 is 4.79 Å². The van der Waals surface area contributed by atoms with Crippen molar-refractivity contribution in [1.82, 2.24) is 20.1 Å². The van der Waals surface area contributed by atoms with Crippen LogP contribution in [-0.4, -0.2) is 27.2 Å². The van der Waals surface area contributed by atoms with Gasteiger partial charge in [-0.2, -0.15) is 5.10 Å². The van der Waals surface area contributed by atoms with Crippen LogP contribution in [0.25, 0.3) is 21.8 Å². The Balaban J connectivity index is 1.49. The zero-order valence-electron chi connectivity index (χ0n) is 16.7. The summed E-state index contributed by atoms with van der Waals surface area (Å²) in [6, 6.07) is 26.3. The van der Waals surface area contributed by atoms with E-state index in [1.54, 1.807) is 4.68 Å². The molecule has 2 aromatic heterocycles. The van der Waals surface area contributed by atoms with E-state index in [0.29, 0.717) is 12.2 Å². The van der Waals surface area contributed by atoms with Gasteiger partial charge in [0.25, 0.3) is 5.91 Å². The molecule has 3 aromatic carbocycles. The minimum absolute atomic E-state index is 0.0331. The Morgan fingerprint density at radius 2 is 1.67 bits per heavy atom. The minimum Gasteiger partial charge on any atom is -0.361 e. The lowest BCUT2D eigenvalue weighted by atomic mass is 9.91. The fraction of sp³-hybridized carbons (Fsp3) is 0.120.